The lowest BCUT2D eigenvalue weighted by Crippen LogP contribution is -2.28. The van der Waals surface area contributed by atoms with Gasteiger partial charge in [0.2, 0.25) is 0 Å². The van der Waals surface area contributed by atoms with Gasteiger partial charge in [0.15, 0.2) is 0 Å². The maximum absolute atomic E-state index is 5.50. The van der Waals surface area contributed by atoms with Gasteiger partial charge in [-0.05, 0) is 44.4 Å². The van der Waals surface area contributed by atoms with E-state index >= 15 is 0 Å². The van der Waals surface area contributed by atoms with Crippen LogP contribution in [0.5, 0.6) is 0 Å². The van der Waals surface area contributed by atoms with E-state index in [1.165, 1.54) is 18.4 Å². The van der Waals surface area contributed by atoms with Gasteiger partial charge < -0.3 is 4.74 Å². The van der Waals surface area contributed by atoms with Gasteiger partial charge in [-0.25, -0.2) is 0 Å². The van der Waals surface area contributed by atoms with E-state index in [9.17, 15) is 0 Å². The van der Waals surface area contributed by atoms with Gasteiger partial charge in [0.05, 0.1) is 6.10 Å². The lowest BCUT2D eigenvalue weighted by Gasteiger charge is -2.36. The minimum Gasteiger partial charge on any atom is -0.381 e. The molecule has 0 amide bonds. The summed E-state index contributed by atoms with van der Waals surface area (Å²) in [6.45, 7) is 9.09. The van der Waals surface area contributed by atoms with Crippen LogP contribution < -0.4 is 0 Å². The van der Waals surface area contributed by atoms with Crippen molar-refractivity contribution in [2.75, 3.05) is 7.11 Å². The monoisotopic (exact) mass is 262 g/mol. The van der Waals surface area contributed by atoms with Gasteiger partial charge in [0.25, 0.3) is 0 Å². The highest BCUT2D eigenvalue weighted by molar-refractivity contribution is 5.19. The van der Waals surface area contributed by atoms with E-state index in [0.29, 0.717) is 11.5 Å². The van der Waals surface area contributed by atoms with Crippen molar-refractivity contribution in [2.24, 2.45) is 5.41 Å². The third-order valence-corrected chi connectivity index (χ3v) is 4.11. The van der Waals surface area contributed by atoms with E-state index in [1.807, 2.05) is 7.11 Å². The first kappa shape index (κ1) is 16.2. The molecule has 0 saturated heterocycles. The molecule has 0 radical (unpaired) electrons. The fourth-order valence-electron chi connectivity index (χ4n) is 2.74. The van der Waals surface area contributed by atoms with Crippen LogP contribution in [0.2, 0.25) is 0 Å². The van der Waals surface area contributed by atoms with Crippen LogP contribution in [0.1, 0.15) is 59.8 Å². The average Bonchev–Trinajstić information content (AvgIpc) is 2.36. The normalized spacial score (nSPS) is 23.7. The number of methoxy groups -OCH3 is 1. The van der Waals surface area contributed by atoms with E-state index < -0.39 is 0 Å². The highest BCUT2D eigenvalue weighted by Gasteiger charge is 2.30. The molecule has 1 aliphatic rings. The average molecular weight is 262 g/mol. The van der Waals surface area contributed by atoms with Gasteiger partial charge >= 0.3 is 0 Å². The first-order valence-corrected chi connectivity index (χ1v) is 7.54. The number of rotatable bonds is 6. The molecule has 108 valence electrons. The minimum absolute atomic E-state index is 0.290. The molecule has 0 fully saturated rings. The van der Waals surface area contributed by atoms with Crippen molar-refractivity contribution in [2.45, 2.75) is 65.9 Å². The van der Waals surface area contributed by atoms with E-state index in [4.69, 9.17) is 4.74 Å². The fourth-order valence-corrected chi connectivity index (χ4v) is 2.74. The highest BCUT2D eigenvalue weighted by atomic mass is 16.5. The summed E-state index contributed by atoms with van der Waals surface area (Å²) in [7, 11) is 1.83. The molecule has 0 heterocycles. The SMILES string of the molecule is CCC=CC=C(C)CCC1=CCC(OC)CC1(C)C. The van der Waals surface area contributed by atoms with Crippen LogP contribution in [0, 0.1) is 5.41 Å². The van der Waals surface area contributed by atoms with Crippen molar-refractivity contribution in [3.05, 3.63) is 35.5 Å². The second-order valence-electron chi connectivity index (χ2n) is 6.26. The van der Waals surface area contributed by atoms with E-state index in [2.05, 4.69) is 52.0 Å². The summed E-state index contributed by atoms with van der Waals surface area (Å²) in [5.74, 6) is 0. The molecule has 0 N–H and O–H groups in total. The largest absolute Gasteiger partial charge is 0.381 e. The van der Waals surface area contributed by atoms with Gasteiger partial charge in [0.1, 0.15) is 0 Å². The van der Waals surface area contributed by atoms with Crippen molar-refractivity contribution >= 4 is 0 Å². The van der Waals surface area contributed by atoms with E-state index in [1.54, 1.807) is 5.57 Å². The molecule has 1 unspecified atom stereocenters. The van der Waals surface area contributed by atoms with Gasteiger partial charge in [-0.3, -0.25) is 0 Å². The molecule has 0 aromatic heterocycles. The molecular weight excluding hydrogens is 232 g/mol. The minimum atomic E-state index is 0.290. The number of hydrogen-bond donors (Lipinski definition) is 0. The molecule has 1 nitrogen and oxygen atoms in total. The molecule has 0 bridgehead atoms. The van der Waals surface area contributed by atoms with Crippen molar-refractivity contribution in [1.29, 1.82) is 0 Å². The maximum Gasteiger partial charge on any atom is 0.0614 e. The van der Waals surface area contributed by atoms with Crippen molar-refractivity contribution in [3.63, 3.8) is 0 Å². The summed E-state index contributed by atoms with van der Waals surface area (Å²) in [6, 6.07) is 0. The lowest BCUT2D eigenvalue weighted by molar-refractivity contribution is 0.0638. The van der Waals surface area contributed by atoms with Crippen molar-refractivity contribution in [3.8, 4) is 0 Å². The van der Waals surface area contributed by atoms with E-state index in [-0.39, 0.29) is 0 Å². The zero-order valence-corrected chi connectivity index (χ0v) is 13.3. The third-order valence-electron chi connectivity index (χ3n) is 4.11. The Morgan fingerprint density at radius 1 is 1.47 bits per heavy atom. The summed E-state index contributed by atoms with van der Waals surface area (Å²) < 4.78 is 5.50. The topological polar surface area (TPSA) is 9.23 Å². The van der Waals surface area contributed by atoms with Gasteiger partial charge in [-0.15, -0.1) is 0 Å². The first-order chi connectivity index (χ1) is 8.99. The van der Waals surface area contributed by atoms with Crippen molar-refractivity contribution < 1.29 is 4.74 Å². The van der Waals surface area contributed by atoms with Crippen LogP contribution in [0.15, 0.2) is 35.5 Å². The standard InChI is InChI=1S/C18H30O/c1-6-7-8-9-15(2)10-11-16-12-13-17(19-5)14-18(16,3)4/h7-9,12,17H,6,10-11,13-14H2,1-5H3. The Labute approximate surface area is 119 Å². The number of ether oxygens (including phenoxy) is 1. The molecule has 1 rings (SSSR count). The summed E-state index contributed by atoms with van der Waals surface area (Å²) >= 11 is 0. The molecule has 1 aliphatic carbocycles. The van der Waals surface area contributed by atoms with Crippen LogP contribution in [0.25, 0.3) is 0 Å². The zero-order valence-electron chi connectivity index (χ0n) is 13.3. The van der Waals surface area contributed by atoms with Crippen LogP contribution in [0.3, 0.4) is 0 Å². The van der Waals surface area contributed by atoms with Gasteiger partial charge in [-0.1, -0.05) is 56.2 Å². The smallest absolute Gasteiger partial charge is 0.0614 e. The van der Waals surface area contributed by atoms with Gasteiger partial charge in [0, 0.05) is 7.11 Å². The summed E-state index contributed by atoms with van der Waals surface area (Å²) in [5, 5.41) is 0. The highest BCUT2D eigenvalue weighted by Crippen LogP contribution is 2.40. The van der Waals surface area contributed by atoms with Crippen LogP contribution >= 0.6 is 0 Å². The predicted molar refractivity (Wildman–Crippen MR) is 84.3 cm³/mol. The second kappa shape index (κ2) is 7.69. The molecule has 1 atom stereocenters. The quantitative estimate of drug-likeness (QED) is 0.457. The molecule has 0 spiro atoms. The summed E-state index contributed by atoms with van der Waals surface area (Å²) in [5.41, 5.74) is 3.36. The van der Waals surface area contributed by atoms with Crippen LogP contribution in [-0.2, 0) is 4.74 Å². The Bertz CT molecular complexity index is 358. The number of allylic oxidation sites excluding steroid dienone is 5. The molecule has 0 aliphatic heterocycles. The molecule has 19 heavy (non-hydrogen) atoms. The fraction of sp³-hybridized carbons (Fsp3) is 0.667. The van der Waals surface area contributed by atoms with Gasteiger partial charge in [-0.2, -0.15) is 0 Å². The summed E-state index contributed by atoms with van der Waals surface area (Å²) in [6.07, 6.45) is 15.1. The third kappa shape index (κ3) is 5.36. The Balaban J connectivity index is 2.55. The Morgan fingerprint density at radius 2 is 2.21 bits per heavy atom. The summed E-state index contributed by atoms with van der Waals surface area (Å²) in [4.78, 5) is 0. The number of hydrogen-bond acceptors (Lipinski definition) is 1. The Hall–Kier alpha value is -0.820. The Morgan fingerprint density at radius 3 is 2.79 bits per heavy atom. The first-order valence-electron chi connectivity index (χ1n) is 7.54. The zero-order chi connectivity index (χ0) is 14.3. The maximum atomic E-state index is 5.50. The lowest BCUT2D eigenvalue weighted by atomic mass is 9.72. The molecular formula is C18H30O. The Kier molecular flexibility index (Phi) is 6.57. The molecule has 0 saturated carbocycles. The van der Waals surface area contributed by atoms with Crippen molar-refractivity contribution in [1.82, 2.24) is 0 Å². The van der Waals surface area contributed by atoms with Crippen LogP contribution in [0.4, 0.5) is 0 Å². The second-order valence-corrected chi connectivity index (χ2v) is 6.26. The van der Waals surface area contributed by atoms with Crippen LogP contribution in [-0.4, -0.2) is 13.2 Å². The predicted octanol–water partition coefficient (Wildman–Crippen LogP) is 5.44. The van der Waals surface area contributed by atoms with E-state index in [0.717, 1.165) is 19.3 Å². The molecule has 0 aromatic rings. The molecule has 1 heteroatoms. The molecule has 0 aromatic carbocycles.